The summed E-state index contributed by atoms with van der Waals surface area (Å²) in [4.78, 5) is 69.2. The first-order valence-corrected chi connectivity index (χ1v) is 18.2. The zero-order valence-electron chi connectivity index (χ0n) is 26.0. The lowest BCUT2D eigenvalue weighted by Gasteiger charge is -2.35. The average Bonchev–Trinajstić information content (AvgIpc) is 3.83. The molecule has 0 aliphatic carbocycles. The molecule has 1 aliphatic heterocycles. The molecule has 0 bridgehead atoms. The number of H-pyrrole nitrogens is 1. The van der Waals surface area contributed by atoms with Crippen LogP contribution in [0.15, 0.2) is 60.8 Å². The highest BCUT2D eigenvalue weighted by Crippen LogP contribution is 2.59. The Hall–Kier alpha value is -4.01. The van der Waals surface area contributed by atoms with Gasteiger partial charge in [-0.15, -0.1) is 11.3 Å². The predicted octanol–water partition coefficient (Wildman–Crippen LogP) is 6.51. The summed E-state index contributed by atoms with van der Waals surface area (Å²) in [5.41, 5.74) is -4.19. The first-order chi connectivity index (χ1) is 22.5. The molecule has 0 radical (unpaired) electrons. The lowest BCUT2D eigenvalue weighted by molar-refractivity contribution is -0.140. The normalized spacial score (nSPS) is 16.4. The number of nitrogens with zero attached hydrogens (tertiary/aromatic N) is 2. The Labute approximate surface area is 281 Å². The first kappa shape index (κ1) is 33.9. The molecule has 5 N–H and O–H groups in total. The Morgan fingerprint density at radius 2 is 1.81 bits per heavy atom. The van der Waals surface area contributed by atoms with Gasteiger partial charge in [-0.25, -0.2) is 4.98 Å². The van der Waals surface area contributed by atoms with Crippen LogP contribution in [0.3, 0.4) is 0 Å². The van der Waals surface area contributed by atoms with Crippen molar-refractivity contribution in [3.63, 3.8) is 0 Å². The molecule has 2 atom stereocenters. The Morgan fingerprint density at radius 3 is 2.52 bits per heavy atom. The number of amides is 3. The fourth-order valence-electron chi connectivity index (χ4n) is 5.68. The molecular weight excluding hydrogens is 683 g/mol. The number of hydrogen-bond acceptors (Lipinski definition) is 7. The number of halogens is 2. The highest BCUT2D eigenvalue weighted by atomic mass is 32.1. The highest BCUT2D eigenvalue weighted by molar-refractivity contribution is 7.52. The first-order valence-electron chi connectivity index (χ1n) is 15.0. The van der Waals surface area contributed by atoms with Crippen LogP contribution in [0.2, 0.25) is 0 Å². The molecule has 0 spiro atoms. The lowest BCUT2D eigenvalue weighted by atomic mass is 9.85. The minimum atomic E-state index is -5.77. The van der Waals surface area contributed by atoms with E-state index in [-0.39, 0.29) is 16.2 Å². The van der Waals surface area contributed by atoms with Crippen molar-refractivity contribution in [1.82, 2.24) is 20.2 Å². The van der Waals surface area contributed by atoms with Crippen LogP contribution in [0.5, 0.6) is 0 Å². The van der Waals surface area contributed by atoms with Crippen molar-refractivity contribution in [2.24, 2.45) is 5.41 Å². The molecule has 5 aromatic rings. The van der Waals surface area contributed by atoms with Crippen LogP contribution in [-0.4, -0.2) is 61.0 Å². The van der Waals surface area contributed by atoms with E-state index < -0.39 is 48.1 Å². The van der Waals surface area contributed by atoms with Gasteiger partial charge in [-0.2, -0.15) is 8.78 Å². The second-order valence-electron chi connectivity index (χ2n) is 12.7. The number of alkyl halides is 2. The summed E-state index contributed by atoms with van der Waals surface area (Å²) in [7, 11) is -5.77. The Morgan fingerprint density at radius 1 is 1.06 bits per heavy atom. The van der Waals surface area contributed by atoms with Gasteiger partial charge >= 0.3 is 13.3 Å². The Bertz CT molecular complexity index is 2070. The number of benzene rings is 2. The van der Waals surface area contributed by atoms with Crippen molar-refractivity contribution in [2.75, 3.05) is 11.9 Å². The van der Waals surface area contributed by atoms with E-state index in [2.05, 4.69) is 20.6 Å². The molecule has 6 rings (SSSR count). The molecule has 252 valence electrons. The van der Waals surface area contributed by atoms with Crippen molar-refractivity contribution in [1.29, 1.82) is 0 Å². The zero-order valence-corrected chi connectivity index (χ0v) is 28.5. The van der Waals surface area contributed by atoms with Gasteiger partial charge < -0.3 is 30.3 Å². The van der Waals surface area contributed by atoms with Gasteiger partial charge in [0.05, 0.1) is 15.4 Å². The molecule has 11 nitrogen and oxygen atoms in total. The number of likely N-dealkylation sites (tertiary alicyclic amines) is 1. The molecule has 1 fully saturated rings. The molecule has 4 heterocycles. The van der Waals surface area contributed by atoms with Gasteiger partial charge in [-0.3, -0.25) is 18.9 Å². The van der Waals surface area contributed by atoms with E-state index in [4.69, 9.17) is 9.79 Å². The molecule has 3 aromatic heterocycles. The van der Waals surface area contributed by atoms with Gasteiger partial charge in [-0.1, -0.05) is 56.4 Å². The third-order valence-corrected chi connectivity index (χ3v) is 11.3. The molecule has 48 heavy (non-hydrogen) atoms. The van der Waals surface area contributed by atoms with E-state index in [1.165, 1.54) is 28.4 Å². The summed E-state index contributed by atoms with van der Waals surface area (Å²) < 4.78 is 40.4. The van der Waals surface area contributed by atoms with E-state index in [1.54, 1.807) is 27.0 Å². The van der Waals surface area contributed by atoms with Gasteiger partial charge in [0, 0.05) is 33.9 Å². The maximum Gasteiger partial charge on any atom is 0.399 e. The van der Waals surface area contributed by atoms with Crippen LogP contribution in [0.4, 0.5) is 13.9 Å². The van der Waals surface area contributed by atoms with Crippen molar-refractivity contribution in [3.05, 3.63) is 71.2 Å². The van der Waals surface area contributed by atoms with Crippen LogP contribution in [0.25, 0.3) is 31.6 Å². The number of carbonyl (C=O) groups is 3. The van der Waals surface area contributed by atoms with Crippen LogP contribution < -0.4 is 10.6 Å². The topological polar surface area (TPSA) is 165 Å². The summed E-state index contributed by atoms with van der Waals surface area (Å²) in [6, 6.07) is 12.5. The number of hydrogen-bond donors (Lipinski definition) is 5. The van der Waals surface area contributed by atoms with Crippen LogP contribution >= 0.6 is 30.3 Å². The van der Waals surface area contributed by atoms with Gasteiger partial charge in [0.1, 0.15) is 12.1 Å². The van der Waals surface area contributed by atoms with Crippen LogP contribution in [0.1, 0.15) is 48.8 Å². The maximum atomic E-state index is 14.3. The average molecular weight is 716 g/mol. The molecular formula is C32H32F2N5O6PS2. The molecule has 1 saturated heterocycles. The standard InChI is InChI=1S/C32H32F2N5O6PS2/c1-31(2,3)26(37-28(41)24-15-18-13-19(10-11-23(18)47-24)32(33,34)46(43,44)45)29(42)39-12-6-9-22(39)27(40)38-30-35-16-25(48-30)21-14-17-7-4-5-8-20(17)36-21/h4-5,7-8,10-11,13-16,22,26,36H,6,9,12H2,1-3H3,(H,37,41)(H,35,38,40)(H2,43,44,45). The number of carbonyl (C=O) groups excluding carboxylic acids is 3. The summed E-state index contributed by atoms with van der Waals surface area (Å²) in [6.45, 7) is 5.66. The minimum absolute atomic E-state index is 0.119. The summed E-state index contributed by atoms with van der Waals surface area (Å²) in [5, 5.41) is 7.27. The number of aromatic nitrogens is 2. The number of thiazole rings is 1. The van der Waals surface area contributed by atoms with Crippen LogP contribution in [0, 0.1) is 5.41 Å². The molecule has 0 saturated carbocycles. The molecule has 2 aromatic carbocycles. The largest absolute Gasteiger partial charge is 0.399 e. The summed E-state index contributed by atoms with van der Waals surface area (Å²) in [6.07, 6.45) is 2.69. The van der Waals surface area contributed by atoms with Gasteiger partial charge in [0.15, 0.2) is 5.13 Å². The van der Waals surface area contributed by atoms with Crippen molar-refractivity contribution in [3.8, 4) is 10.6 Å². The van der Waals surface area contributed by atoms with Crippen molar-refractivity contribution >= 4 is 74.1 Å². The fraction of sp³-hybridized carbons (Fsp3) is 0.312. The number of nitrogens with one attached hydrogen (secondary N) is 3. The second-order valence-corrected chi connectivity index (χ2v) is 16.5. The van der Waals surface area contributed by atoms with E-state index in [1.807, 2.05) is 30.3 Å². The number of rotatable bonds is 8. The third kappa shape index (κ3) is 6.52. The van der Waals surface area contributed by atoms with E-state index in [0.717, 1.165) is 44.9 Å². The van der Waals surface area contributed by atoms with Crippen LogP contribution in [-0.2, 0) is 19.8 Å². The highest BCUT2D eigenvalue weighted by Gasteiger charge is 2.50. The summed E-state index contributed by atoms with van der Waals surface area (Å²) in [5.74, 6) is -1.44. The SMILES string of the molecule is CC(C)(C)C(NC(=O)c1cc2cc(C(F)(F)P(=O)(O)O)ccc2s1)C(=O)N1CCCC1C(=O)Nc1ncc(-c2cc3ccccc3[nH]2)s1. The van der Waals surface area contributed by atoms with E-state index in [0.29, 0.717) is 29.2 Å². The fourth-order valence-corrected chi connectivity index (χ4v) is 7.89. The molecule has 2 unspecified atom stereocenters. The third-order valence-electron chi connectivity index (χ3n) is 8.21. The second kappa shape index (κ2) is 12.5. The number of anilines is 1. The Balaban J connectivity index is 1.16. The maximum absolute atomic E-state index is 14.3. The number of fused-ring (bicyclic) bond motifs is 2. The van der Waals surface area contributed by atoms with E-state index >= 15 is 0 Å². The van der Waals surface area contributed by atoms with Gasteiger partial charge in [0.2, 0.25) is 11.8 Å². The summed E-state index contributed by atoms with van der Waals surface area (Å²) >= 11 is 2.29. The predicted molar refractivity (Wildman–Crippen MR) is 181 cm³/mol. The molecule has 1 aliphatic rings. The van der Waals surface area contributed by atoms with Crippen molar-refractivity contribution < 1.29 is 37.5 Å². The number of para-hydroxylation sites is 1. The van der Waals surface area contributed by atoms with E-state index in [9.17, 15) is 27.7 Å². The quantitative estimate of drug-likeness (QED) is 0.114. The molecule has 16 heteroatoms. The molecule has 3 amide bonds. The van der Waals surface area contributed by atoms with Gasteiger partial charge in [0.25, 0.3) is 5.91 Å². The lowest BCUT2D eigenvalue weighted by Crippen LogP contribution is -2.57. The zero-order chi connectivity index (χ0) is 34.6. The number of thiophene rings is 1. The van der Waals surface area contributed by atoms with Gasteiger partial charge in [-0.05, 0) is 54.0 Å². The number of aromatic amines is 1. The Kier molecular flexibility index (Phi) is 8.79. The van der Waals surface area contributed by atoms with Crippen molar-refractivity contribution in [2.45, 2.75) is 51.4 Å². The smallest absolute Gasteiger partial charge is 0.354 e. The monoisotopic (exact) mass is 715 g/mol. The minimum Gasteiger partial charge on any atom is -0.354 e.